The summed E-state index contributed by atoms with van der Waals surface area (Å²) in [4.78, 5) is 2.71. The maximum atomic E-state index is 6.38. The second kappa shape index (κ2) is 6.19. The van der Waals surface area contributed by atoms with Crippen LogP contribution in [0.4, 0.5) is 0 Å². The normalized spacial score (nSPS) is 37.1. The molecule has 1 aliphatic carbocycles. The largest absolute Gasteiger partial charge is 0.326 e. The molecular formula is C15H30N2. The number of likely N-dealkylation sites (tertiary alicyclic amines) is 1. The van der Waals surface area contributed by atoms with E-state index in [1.807, 2.05) is 0 Å². The van der Waals surface area contributed by atoms with Crippen LogP contribution in [0.15, 0.2) is 0 Å². The van der Waals surface area contributed by atoms with Crippen molar-refractivity contribution < 1.29 is 0 Å². The van der Waals surface area contributed by atoms with Crippen LogP contribution in [-0.2, 0) is 0 Å². The SMILES string of the molecule is CC(C)C1CCC(N)C(N2CCCCCC2)C1. The molecule has 0 spiro atoms. The Morgan fingerprint density at radius 2 is 1.65 bits per heavy atom. The highest BCUT2D eigenvalue weighted by molar-refractivity contribution is 4.90. The van der Waals surface area contributed by atoms with Gasteiger partial charge in [0.25, 0.3) is 0 Å². The van der Waals surface area contributed by atoms with Gasteiger partial charge in [0.2, 0.25) is 0 Å². The Morgan fingerprint density at radius 3 is 2.24 bits per heavy atom. The van der Waals surface area contributed by atoms with Crippen LogP contribution in [0.1, 0.15) is 58.8 Å². The molecule has 1 saturated heterocycles. The van der Waals surface area contributed by atoms with Gasteiger partial charge in [0.15, 0.2) is 0 Å². The van der Waals surface area contributed by atoms with E-state index in [9.17, 15) is 0 Å². The van der Waals surface area contributed by atoms with Crippen molar-refractivity contribution in [2.24, 2.45) is 17.6 Å². The van der Waals surface area contributed by atoms with E-state index in [-0.39, 0.29) is 0 Å². The van der Waals surface area contributed by atoms with Crippen LogP contribution in [0.3, 0.4) is 0 Å². The fraction of sp³-hybridized carbons (Fsp3) is 1.00. The smallest absolute Gasteiger partial charge is 0.0249 e. The Bertz CT molecular complexity index is 219. The zero-order valence-corrected chi connectivity index (χ0v) is 11.7. The third-order valence-electron chi connectivity index (χ3n) is 4.96. The van der Waals surface area contributed by atoms with Gasteiger partial charge < -0.3 is 5.73 Å². The van der Waals surface area contributed by atoms with Gasteiger partial charge in [-0.1, -0.05) is 26.7 Å². The van der Waals surface area contributed by atoms with Gasteiger partial charge in [0.05, 0.1) is 0 Å². The summed E-state index contributed by atoms with van der Waals surface area (Å²) in [5.41, 5.74) is 6.38. The molecule has 0 amide bonds. The lowest BCUT2D eigenvalue weighted by Gasteiger charge is -2.42. The molecule has 0 aromatic heterocycles. The molecular weight excluding hydrogens is 208 g/mol. The molecule has 0 aromatic rings. The highest BCUT2D eigenvalue weighted by atomic mass is 15.2. The minimum absolute atomic E-state index is 0.433. The fourth-order valence-electron chi connectivity index (χ4n) is 3.65. The summed E-state index contributed by atoms with van der Waals surface area (Å²) >= 11 is 0. The summed E-state index contributed by atoms with van der Waals surface area (Å²) in [6, 6.07) is 1.11. The molecule has 2 nitrogen and oxygen atoms in total. The van der Waals surface area contributed by atoms with Crippen molar-refractivity contribution >= 4 is 0 Å². The van der Waals surface area contributed by atoms with Crippen molar-refractivity contribution in [3.8, 4) is 0 Å². The summed E-state index contributed by atoms with van der Waals surface area (Å²) in [6.45, 7) is 7.34. The highest BCUT2D eigenvalue weighted by Crippen LogP contribution is 2.32. The molecule has 2 heteroatoms. The zero-order valence-electron chi connectivity index (χ0n) is 11.7. The summed E-state index contributed by atoms with van der Waals surface area (Å²) in [5.74, 6) is 1.74. The van der Waals surface area contributed by atoms with Crippen LogP contribution in [0, 0.1) is 11.8 Å². The Kier molecular flexibility index (Phi) is 4.87. The highest BCUT2D eigenvalue weighted by Gasteiger charge is 2.33. The Labute approximate surface area is 107 Å². The molecule has 100 valence electrons. The average Bonchev–Trinajstić information content (AvgIpc) is 2.58. The first kappa shape index (κ1) is 13.4. The molecule has 2 aliphatic rings. The third kappa shape index (κ3) is 3.45. The Morgan fingerprint density at radius 1 is 1.00 bits per heavy atom. The summed E-state index contributed by atoms with van der Waals surface area (Å²) in [6.07, 6.45) is 9.55. The van der Waals surface area contributed by atoms with Crippen LogP contribution < -0.4 is 5.73 Å². The molecule has 2 fully saturated rings. The van der Waals surface area contributed by atoms with Crippen molar-refractivity contribution in [1.29, 1.82) is 0 Å². The predicted molar refractivity (Wildman–Crippen MR) is 74.0 cm³/mol. The van der Waals surface area contributed by atoms with E-state index in [4.69, 9.17) is 5.73 Å². The van der Waals surface area contributed by atoms with Crippen LogP contribution in [0.2, 0.25) is 0 Å². The summed E-state index contributed by atoms with van der Waals surface area (Å²) < 4.78 is 0. The summed E-state index contributed by atoms with van der Waals surface area (Å²) in [7, 11) is 0. The van der Waals surface area contributed by atoms with Gasteiger partial charge >= 0.3 is 0 Å². The van der Waals surface area contributed by atoms with Crippen LogP contribution in [0.25, 0.3) is 0 Å². The van der Waals surface area contributed by atoms with E-state index in [0.29, 0.717) is 12.1 Å². The number of hydrogen-bond acceptors (Lipinski definition) is 2. The van der Waals surface area contributed by atoms with E-state index in [2.05, 4.69) is 18.7 Å². The quantitative estimate of drug-likeness (QED) is 0.801. The molecule has 2 N–H and O–H groups in total. The lowest BCUT2D eigenvalue weighted by atomic mass is 9.76. The molecule has 1 heterocycles. The molecule has 3 unspecified atom stereocenters. The fourth-order valence-corrected chi connectivity index (χ4v) is 3.65. The van der Waals surface area contributed by atoms with Crippen LogP contribution in [-0.4, -0.2) is 30.1 Å². The molecule has 17 heavy (non-hydrogen) atoms. The van der Waals surface area contributed by atoms with E-state index >= 15 is 0 Å². The van der Waals surface area contributed by atoms with Gasteiger partial charge in [-0.3, -0.25) is 4.90 Å². The maximum Gasteiger partial charge on any atom is 0.0249 e. The standard InChI is InChI=1S/C15H30N2/c1-12(2)13-7-8-14(16)15(11-13)17-9-5-3-4-6-10-17/h12-15H,3-11,16H2,1-2H3. The Hall–Kier alpha value is -0.0800. The first-order chi connectivity index (χ1) is 8.18. The lowest BCUT2D eigenvalue weighted by molar-refractivity contribution is 0.0994. The Balaban J connectivity index is 1.95. The second-order valence-corrected chi connectivity index (χ2v) is 6.50. The van der Waals surface area contributed by atoms with Crippen LogP contribution >= 0.6 is 0 Å². The molecule has 0 aromatic carbocycles. The molecule has 2 rings (SSSR count). The van der Waals surface area contributed by atoms with Gasteiger partial charge in [-0.15, -0.1) is 0 Å². The number of hydrogen-bond donors (Lipinski definition) is 1. The van der Waals surface area contributed by atoms with Gasteiger partial charge in [-0.2, -0.15) is 0 Å². The zero-order chi connectivity index (χ0) is 12.3. The average molecular weight is 238 g/mol. The van der Waals surface area contributed by atoms with Crippen LogP contribution in [0.5, 0.6) is 0 Å². The van der Waals surface area contributed by atoms with E-state index in [1.54, 1.807) is 0 Å². The lowest BCUT2D eigenvalue weighted by Crippen LogP contribution is -2.52. The first-order valence-corrected chi connectivity index (χ1v) is 7.68. The maximum absolute atomic E-state index is 6.38. The number of nitrogens with two attached hydrogens (primary N) is 1. The third-order valence-corrected chi connectivity index (χ3v) is 4.96. The molecule has 0 radical (unpaired) electrons. The monoisotopic (exact) mass is 238 g/mol. The topological polar surface area (TPSA) is 29.3 Å². The minimum atomic E-state index is 0.433. The van der Waals surface area contributed by atoms with Gasteiger partial charge in [0.1, 0.15) is 0 Å². The van der Waals surface area contributed by atoms with Gasteiger partial charge in [-0.05, 0) is 57.0 Å². The number of rotatable bonds is 2. The van der Waals surface area contributed by atoms with Gasteiger partial charge in [-0.25, -0.2) is 0 Å². The van der Waals surface area contributed by atoms with Crippen molar-refractivity contribution in [1.82, 2.24) is 4.90 Å². The van der Waals surface area contributed by atoms with E-state index in [0.717, 1.165) is 11.8 Å². The first-order valence-electron chi connectivity index (χ1n) is 7.68. The van der Waals surface area contributed by atoms with Gasteiger partial charge in [0, 0.05) is 12.1 Å². The summed E-state index contributed by atoms with van der Waals surface area (Å²) in [5, 5.41) is 0. The predicted octanol–water partition coefficient (Wildman–Crippen LogP) is 3.01. The minimum Gasteiger partial charge on any atom is -0.326 e. The molecule has 1 aliphatic heterocycles. The van der Waals surface area contributed by atoms with Crippen molar-refractivity contribution in [2.75, 3.05) is 13.1 Å². The van der Waals surface area contributed by atoms with Crippen molar-refractivity contribution in [3.05, 3.63) is 0 Å². The second-order valence-electron chi connectivity index (χ2n) is 6.50. The molecule has 3 atom stereocenters. The van der Waals surface area contributed by atoms with E-state index in [1.165, 1.54) is 58.0 Å². The van der Waals surface area contributed by atoms with Crippen molar-refractivity contribution in [3.63, 3.8) is 0 Å². The number of nitrogens with zero attached hydrogens (tertiary/aromatic N) is 1. The molecule has 1 saturated carbocycles. The molecule has 0 bridgehead atoms. The van der Waals surface area contributed by atoms with Crippen molar-refractivity contribution in [2.45, 2.75) is 70.9 Å². The van der Waals surface area contributed by atoms with E-state index < -0.39 is 0 Å².